The van der Waals surface area contributed by atoms with Gasteiger partial charge in [0.1, 0.15) is 0 Å². The first-order chi connectivity index (χ1) is 7.52. The third-order valence-corrected chi connectivity index (χ3v) is 4.16. The van der Waals surface area contributed by atoms with E-state index in [1.165, 1.54) is 18.5 Å². The van der Waals surface area contributed by atoms with Crippen molar-refractivity contribution in [3.8, 4) is 0 Å². The lowest BCUT2D eigenvalue weighted by molar-refractivity contribution is 0.580. The average molecular weight is 243 g/mol. The fraction of sp³-hybridized carbons (Fsp3) is 0.700. The van der Waals surface area contributed by atoms with Gasteiger partial charge in [-0.05, 0) is 25.8 Å². The van der Waals surface area contributed by atoms with Crippen LogP contribution in [0.15, 0.2) is 6.07 Å². The topological polar surface area (TPSA) is 64.0 Å². The number of sulfonamides is 1. The Morgan fingerprint density at radius 1 is 1.56 bits per heavy atom. The third-order valence-electron chi connectivity index (χ3n) is 2.82. The molecule has 1 aliphatic rings. The molecule has 1 aromatic rings. The van der Waals surface area contributed by atoms with Gasteiger partial charge in [0.05, 0.1) is 18.0 Å². The Balaban J connectivity index is 2.02. The van der Waals surface area contributed by atoms with Crippen molar-refractivity contribution in [1.82, 2.24) is 14.5 Å². The maximum absolute atomic E-state index is 11.3. The van der Waals surface area contributed by atoms with Crippen molar-refractivity contribution in [2.45, 2.75) is 32.2 Å². The number of aryl methyl sites for hydroxylation is 1. The summed E-state index contributed by atoms with van der Waals surface area (Å²) in [5.41, 5.74) is 2.01. The van der Waals surface area contributed by atoms with E-state index in [-0.39, 0.29) is 12.3 Å². The molecular formula is C10H17N3O2S. The van der Waals surface area contributed by atoms with Crippen molar-refractivity contribution >= 4 is 10.0 Å². The number of hydrogen-bond donors (Lipinski definition) is 1. The third kappa shape index (κ3) is 2.62. The molecular weight excluding hydrogens is 226 g/mol. The van der Waals surface area contributed by atoms with Gasteiger partial charge in [-0.3, -0.25) is 4.68 Å². The van der Waals surface area contributed by atoms with Gasteiger partial charge in [-0.1, -0.05) is 0 Å². The summed E-state index contributed by atoms with van der Waals surface area (Å²) >= 11 is 0. The molecule has 2 rings (SSSR count). The summed E-state index contributed by atoms with van der Waals surface area (Å²) < 4.78 is 26.9. The monoisotopic (exact) mass is 243 g/mol. The maximum Gasteiger partial charge on any atom is 0.211 e. The molecule has 1 heterocycles. The summed E-state index contributed by atoms with van der Waals surface area (Å²) in [4.78, 5) is 0. The molecule has 6 heteroatoms. The van der Waals surface area contributed by atoms with Crippen LogP contribution in [0.3, 0.4) is 0 Å². The molecule has 1 saturated carbocycles. The molecule has 1 fully saturated rings. The molecule has 1 aliphatic carbocycles. The number of nitrogens with zero attached hydrogens (tertiary/aromatic N) is 2. The predicted octanol–water partition coefficient (Wildman–Crippen LogP) is 0.737. The molecule has 0 radical (unpaired) electrons. The summed E-state index contributed by atoms with van der Waals surface area (Å²) in [7, 11) is -1.22. The van der Waals surface area contributed by atoms with E-state index in [0.717, 1.165) is 5.69 Å². The Morgan fingerprint density at radius 2 is 2.25 bits per heavy atom. The van der Waals surface area contributed by atoms with E-state index in [1.54, 1.807) is 6.92 Å². The molecule has 0 saturated heterocycles. The van der Waals surface area contributed by atoms with Gasteiger partial charge in [0.15, 0.2) is 0 Å². The Labute approximate surface area is 95.9 Å². The standard InChI is InChI=1S/C10H17N3O2S/c1-3-16(14,15)11-7-9-6-10(8-4-5-8)13(2)12-9/h6,8,11H,3-5,7H2,1-2H3. The van der Waals surface area contributed by atoms with Crippen molar-refractivity contribution in [3.05, 3.63) is 17.5 Å². The molecule has 0 aromatic carbocycles. The number of nitrogens with one attached hydrogen (secondary N) is 1. The average Bonchev–Trinajstić information content (AvgIpc) is 3.01. The second kappa shape index (κ2) is 4.18. The van der Waals surface area contributed by atoms with E-state index in [2.05, 4.69) is 9.82 Å². The van der Waals surface area contributed by atoms with Crippen molar-refractivity contribution < 1.29 is 8.42 Å². The zero-order chi connectivity index (χ0) is 11.8. The Kier molecular flexibility index (Phi) is 3.03. The molecule has 0 amide bonds. The van der Waals surface area contributed by atoms with Crippen LogP contribution in [0.4, 0.5) is 0 Å². The second-order valence-corrected chi connectivity index (χ2v) is 6.28. The van der Waals surface area contributed by atoms with E-state index in [4.69, 9.17) is 0 Å². The molecule has 1 aromatic heterocycles. The maximum atomic E-state index is 11.3. The number of hydrogen-bond acceptors (Lipinski definition) is 3. The van der Waals surface area contributed by atoms with E-state index in [9.17, 15) is 8.42 Å². The summed E-state index contributed by atoms with van der Waals surface area (Å²) in [6.07, 6.45) is 2.44. The van der Waals surface area contributed by atoms with Gasteiger partial charge >= 0.3 is 0 Å². The summed E-state index contributed by atoms with van der Waals surface area (Å²) in [6, 6.07) is 2.00. The van der Waals surface area contributed by atoms with Crippen LogP contribution >= 0.6 is 0 Å². The number of aromatic nitrogens is 2. The van der Waals surface area contributed by atoms with Crippen LogP contribution in [-0.2, 0) is 23.6 Å². The van der Waals surface area contributed by atoms with Crippen molar-refractivity contribution in [2.24, 2.45) is 7.05 Å². The van der Waals surface area contributed by atoms with Gasteiger partial charge in [-0.2, -0.15) is 5.10 Å². The van der Waals surface area contributed by atoms with Gasteiger partial charge in [-0.25, -0.2) is 13.1 Å². The minimum absolute atomic E-state index is 0.106. The Bertz CT molecular complexity index is 474. The van der Waals surface area contributed by atoms with E-state index >= 15 is 0 Å². The first-order valence-corrected chi connectivity index (χ1v) is 7.17. The van der Waals surface area contributed by atoms with Gasteiger partial charge < -0.3 is 0 Å². The Hall–Kier alpha value is -0.880. The molecule has 16 heavy (non-hydrogen) atoms. The van der Waals surface area contributed by atoms with Gasteiger partial charge in [0, 0.05) is 18.7 Å². The highest BCUT2D eigenvalue weighted by atomic mass is 32.2. The SMILES string of the molecule is CCS(=O)(=O)NCc1cc(C2CC2)n(C)n1. The van der Waals surface area contributed by atoms with Gasteiger partial charge in [-0.15, -0.1) is 0 Å². The number of rotatable bonds is 5. The predicted molar refractivity (Wildman–Crippen MR) is 61.5 cm³/mol. The lowest BCUT2D eigenvalue weighted by Gasteiger charge is -2.00. The first kappa shape index (κ1) is 11.6. The van der Waals surface area contributed by atoms with Gasteiger partial charge in [0.25, 0.3) is 0 Å². The van der Waals surface area contributed by atoms with E-state index in [0.29, 0.717) is 5.92 Å². The summed E-state index contributed by atoms with van der Waals surface area (Å²) in [6.45, 7) is 1.91. The molecule has 1 N–H and O–H groups in total. The van der Waals surface area contributed by atoms with Crippen molar-refractivity contribution in [3.63, 3.8) is 0 Å². The minimum atomic E-state index is -3.13. The van der Waals surface area contributed by atoms with Crippen LogP contribution in [0, 0.1) is 0 Å². The van der Waals surface area contributed by atoms with Crippen LogP contribution in [0.2, 0.25) is 0 Å². The smallest absolute Gasteiger partial charge is 0.211 e. The molecule has 90 valence electrons. The zero-order valence-corrected chi connectivity index (χ0v) is 10.4. The van der Waals surface area contributed by atoms with Crippen LogP contribution in [0.5, 0.6) is 0 Å². The second-order valence-electron chi connectivity index (χ2n) is 4.18. The lowest BCUT2D eigenvalue weighted by Crippen LogP contribution is -2.24. The fourth-order valence-electron chi connectivity index (χ4n) is 1.68. The van der Waals surface area contributed by atoms with Crippen LogP contribution < -0.4 is 4.72 Å². The highest BCUT2D eigenvalue weighted by Crippen LogP contribution is 2.39. The Morgan fingerprint density at radius 3 is 2.81 bits per heavy atom. The molecule has 0 spiro atoms. The van der Waals surface area contributed by atoms with Crippen molar-refractivity contribution in [2.75, 3.05) is 5.75 Å². The first-order valence-electron chi connectivity index (χ1n) is 5.52. The normalized spacial score (nSPS) is 16.6. The lowest BCUT2D eigenvalue weighted by atomic mass is 10.2. The van der Waals surface area contributed by atoms with E-state index < -0.39 is 10.0 Å². The molecule has 0 aliphatic heterocycles. The highest BCUT2D eigenvalue weighted by Gasteiger charge is 2.27. The zero-order valence-electron chi connectivity index (χ0n) is 9.60. The van der Waals surface area contributed by atoms with Crippen LogP contribution in [-0.4, -0.2) is 24.0 Å². The minimum Gasteiger partial charge on any atom is -0.272 e. The van der Waals surface area contributed by atoms with Gasteiger partial charge in [0.2, 0.25) is 10.0 Å². The molecule has 0 unspecified atom stereocenters. The van der Waals surface area contributed by atoms with Crippen LogP contribution in [0.25, 0.3) is 0 Å². The summed E-state index contributed by atoms with van der Waals surface area (Å²) in [5, 5.41) is 4.30. The van der Waals surface area contributed by atoms with E-state index in [1.807, 2.05) is 17.8 Å². The highest BCUT2D eigenvalue weighted by molar-refractivity contribution is 7.89. The molecule has 5 nitrogen and oxygen atoms in total. The van der Waals surface area contributed by atoms with Crippen molar-refractivity contribution in [1.29, 1.82) is 0 Å². The molecule has 0 atom stereocenters. The quantitative estimate of drug-likeness (QED) is 0.829. The fourth-order valence-corrected chi connectivity index (χ4v) is 2.25. The van der Waals surface area contributed by atoms with Crippen LogP contribution in [0.1, 0.15) is 37.1 Å². The summed E-state index contributed by atoms with van der Waals surface area (Å²) in [5.74, 6) is 0.740. The largest absolute Gasteiger partial charge is 0.272 e. The molecule has 0 bridgehead atoms.